The van der Waals surface area contributed by atoms with E-state index in [1.165, 1.54) is 24.1 Å². The molecule has 0 aromatic heterocycles. The fraction of sp³-hybridized carbons (Fsp3) is 0.300. The molecule has 0 amide bonds. The molecule has 2 rings (SSSR count). The molecule has 1 aromatic rings. The smallest absolute Gasteiger partial charge is 0.128 e. The Balaban J connectivity index is 0.000000346. The topological polar surface area (TPSA) is 38.0 Å². The zero-order valence-corrected chi connectivity index (χ0v) is 13.5. The minimum absolute atomic E-state index is 0. The number of thiocarbonyl (C=S) groups is 1. The van der Waals surface area contributed by atoms with Gasteiger partial charge in [0.05, 0.1) is 0 Å². The first-order valence-corrected chi connectivity index (χ1v) is 5.36. The molecule has 5 heteroatoms. The maximum Gasteiger partial charge on any atom is 0.128 e. The summed E-state index contributed by atoms with van der Waals surface area (Å²) in [6, 6.07) is 8.53. The average Bonchev–Trinajstić information content (AvgIpc) is 2.17. The Bertz CT molecular complexity index is 289. The summed E-state index contributed by atoms with van der Waals surface area (Å²) in [5, 5.41) is 3.36. The van der Waals surface area contributed by atoms with Gasteiger partial charge in [-0.15, -0.1) is 12.6 Å². The summed E-state index contributed by atoms with van der Waals surface area (Å²) >= 11 is 7.65. The van der Waals surface area contributed by atoms with Crippen molar-refractivity contribution >= 4 is 61.1 Å². The molecule has 0 fully saturated rings. The molecule has 0 saturated heterocycles. The maximum absolute atomic E-state index is 4.71. The fourth-order valence-corrected chi connectivity index (χ4v) is 1.41. The van der Waals surface area contributed by atoms with E-state index >= 15 is 0 Å². The van der Waals surface area contributed by atoms with Gasteiger partial charge in [-0.25, -0.2) is 0 Å². The third kappa shape index (κ3) is 6.34. The Morgan fingerprint density at radius 2 is 2.00 bits per heavy atom. The Morgan fingerprint density at radius 3 is 2.60 bits per heavy atom. The van der Waals surface area contributed by atoms with Gasteiger partial charge in [0, 0.05) is 38.4 Å². The number of anilines is 1. The van der Waals surface area contributed by atoms with Gasteiger partial charge in [-0.05, 0) is 24.5 Å². The molecule has 3 radical (unpaired) electrons. The van der Waals surface area contributed by atoms with Crippen LogP contribution in [0.2, 0.25) is 0 Å². The van der Waals surface area contributed by atoms with Crippen LogP contribution < -0.4 is 11.1 Å². The summed E-state index contributed by atoms with van der Waals surface area (Å²) in [4.78, 5) is 0. The Labute approximate surface area is 121 Å². The van der Waals surface area contributed by atoms with Gasteiger partial charge in [0.15, 0.2) is 0 Å². The Hall–Kier alpha value is 0.143. The molecule has 81 valence electrons. The summed E-state index contributed by atoms with van der Waals surface area (Å²) in [5.74, 6) is 0. The predicted octanol–water partition coefficient (Wildman–Crippen LogP) is 1.82. The number of nitrogens with two attached hydrogens (primary N) is 1. The summed E-state index contributed by atoms with van der Waals surface area (Å²) < 4.78 is 0.194. The van der Waals surface area contributed by atoms with Crippen LogP contribution in [-0.2, 0) is 6.42 Å². The molecule has 1 aliphatic rings. The molecular weight excluding hydrogens is 421 g/mol. The normalized spacial score (nSPS) is 12.1. The van der Waals surface area contributed by atoms with Gasteiger partial charge >= 0.3 is 0 Å². The van der Waals surface area contributed by atoms with Crippen LogP contribution in [0.1, 0.15) is 12.0 Å². The van der Waals surface area contributed by atoms with Crippen LogP contribution >= 0.6 is 24.8 Å². The molecule has 3 N–H and O–H groups in total. The minimum atomic E-state index is 0. The average molecular weight is 435 g/mol. The fourth-order valence-electron chi connectivity index (χ4n) is 1.41. The van der Waals surface area contributed by atoms with Crippen molar-refractivity contribution in [1.82, 2.24) is 0 Å². The molecule has 0 saturated carbocycles. The first kappa shape index (κ1) is 15.1. The quantitative estimate of drug-likeness (QED) is 0.331. The summed E-state index contributed by atoms with van der Waals surface area (Å²) in [6.45, 7) is 1.14. The van der Waals surface area contributed by atoms with Gasteiger partial charge in [0.2, 0.25) is 0 Å². The number of nitrogens with one attached hydrogen (secondary N) is 1. The van der Waals surface area contributed by atoms with Crippen LogP contribution in [0.3, 0.4) is 0 Å². The van der Waals surface area contributed by atoms with Gasteiger partial charge < -0.3 is 11.1 Å². The molecule has 0 atom stereocenters. The first-order valence-electron chi connectivity index (χ1n) is 4.50. The van der Waals surface area contributed by atoms with Crippen molar-refractivity contribution in [2.24, 2.45) is 5.73 Å². The summed E-state index contributed by atoms with van der Waals surface area (Å²) in [7, 11) is 0. The molecule has 0 spiro atoms. The van der Waals surface area contributed by atoms with Crippen molar-refractivity contribution in [1.29, 1.82) is 0 Å². The van der Waals surface area contributed by atoms with Crippen molar-refractivity contribution in [2.45, 2.75) is 12.8 Å². The third-order valence-corrected chi connectivity index (χ3v) is 1.96. The number of aryl methyl sites for hydroxylation is 1. The molecule has 0 unspecified atom stereocenters. The third-order valence-electron chi connectivity index (χ3n) is 1.96. The van der Waals surface area contributed by atoms with E-state index in [0.717, 1.165) is 6.54 Å². The van der Waals surface area contributed by atoms with Crippen LogP contribution in [0.4, 0.5) is 5.69 Å². The van der Waals surface area contributed by atoms with E-state index in [-0.39, 0.29) is 30.5 Å². The van der Waals surface area contributed by atoms with Crippen LogP contribution in [0.5, 0.6) is 0 Å². The number of hydrogen-bond acceptors (Lipinski definition) is 2. The molecule has 0 aliphatic carbocycles. The van der Waals surface area contributed by atoms with Crippen molar-refractivity contribution in [3.8, 4) is 0 Å². The van der Waals surface area contributed by atoms with E-state index in [1.54, 1.807) is 0 Å². The zero-order chi connectivity index (χ0) is 10.4. The molecule has 1 aromatic carbocycles. The van der Waals surface area contributed by atoms with Crippen LogP contribution in [0.25, 0.3) is 0 Å². The monoisotopic (exact) mass is 435 g/mol. The number of benzene rings is 1. The van der Waals surface area contributed by atoms with E-state index in [4.69, 9.17) is 5.73 Å². The second kappa shape index (κ2) is 8.31. The minimum Gasteiger partial charge on any atom is -0.385 e. The molecular formula is C10H14BiN2S2. The Kier molecular flexibility index (Phi) is 8.39. The molecule has 2 nitrogen and oxygen atoms in total. The van der Waals surface area contributed by atoms with E-state index in [1.807, 2.05) is 0 Å². The van der Waals surface area contributed by atoms with Crippen molar-refractivity contribution in [2.75, 3.05) is 11.9 Å². The van der Waals surface area contributed by atoms with E-state index < -0.39 is 0 Å². The van der Waals surface area contributed by atoms with Crippen molar-refractivity contribution in [3.05, 3.63) is 29.8 Å². The number of thiol groups is 1. The number of para-hydroxylation sites is 1. The molecule has 1 heterocycles. The molecule has 15 heavy (non-hydrogen) atoms. The first-order chi connectivity index (χ1) is 6.70. The van der Waals surface area contributed by atoms with E-state index in [9.17, 15) is 0 Å². The van der Waals surface area contributed by atoms with Crippen LogP contribution in [-0.4, -0.2) is 37.1 Å². The standard InChI is InChI=1S/C9H11N.CH3NS2.Bi/c1-2-6-9-8(4-1)5-3-7-10-9;2-1(3)4;/h1-2,4,6,10H,3,5,7H2;(H3,2,3,4);. The second-order valence-electron chi connectivity index (χ2n) is 3.03. The van der Waals surface area contributed by atoms with Gasteiger partial charge in [0.1, 0.15) is 4.32 Å². The SMILES string of the molecule is NC(=S)S.[Bi].c1ccc2c(c1)CCCN2. The van der Waals surface area contributed by atoms with Crippen LogP contribution in [0.15, 0.2) is 24.3 Å². The van der Waals surface area contributed by atoms with E-state index in [2.05, 4.69) is 54.4 Å². The summed E-state index contributed by atoms with van der Waals surface area (Å²) in [5.41, 5.74) is 7.50. The molecule has 0 bridgehead atoms. The number of hydrogen-bond donors (Lipinski definition) is 3. The van der Waals surface area contributed by atoms with E-state index in [0.29, 0.717) is 0 Å². The summed E-state index contributed by atoms with van der Waals surface area (Å²) in [6.07, 6.45) is 2.51. The van der Waals surface area contributed by atoms with Crippen molar-refractivity contribution in [3.63, 3.8) is 0 Å². The predicted molar refractivity (Wildman–Crippen MR) is 74.8 cm³/mol. The zero-order valence-electron chi connectivity index (χ0n) is 8.31. The number of fused-ring (bicyclic) bond motifs is 1. The van der Waals surface area contributed by atoms with Crippen LogP contribution in [0, 0.1) is 0 Å². The van der Waals surface area contributed by atoms with Gasteiger partial charge in [-0.1, -0.05) is 30.4 Å². The van der Waals surface area contributed by atoms with Gasteiger partial charge in [0.25, 0.3) is 0 Å². The molecule has 1 aliphatic heterocycles. The Morgan fingerprint density at radius 1 is 1.40 bits per heavy atom. The van der Waals surface area contributed by atoms with Gasteiger partial charge in [-0.2, -0.15) is 0 Å². The second-order valence-corrected chi connectivity index (χ2v) is 4.25. The van der Waals surface area contributed by atoms with Gasteiger partial charge in [-0.3, -0.25) is 0 Å². The number of rotatable bonds is 0. The maximum atomic E-state index is 4.71. The van der Waals surface area contributed by atoms with Crippen molar-refractivity contribution < 1.29 is 0 Å². The largest absolute Gasteiger partial charge is 0.385 e.